The number of nitrogens with zero attached hydrogens (tertiary/aromatic N) is 1. The summed E-state index contributed by atoms with van der Waals surface area (Å²) in [6.45, 7) is 2.40. The summed E-state index contributed by atoms with van der Waals surface area (Å²) < 4.78 is 0. The van der Waals surface area contributed by atoms with E-state index in [4.69, 9.17) is 5.73 Å². The van der Waals surface area contributed by atoms with Crippen LogP contribution in [-0.4, -0.2) is 10.9 Å². The van der Waals surface area contributed by atoms with Crippen molar-refractivity contribution in [2.75, 3.05) is 5.73 Å². The van der Waals surface area contributed by atoms with Crippen LogP contribution in [0.1, 0.15) is 16.3 Å². The molecule has 19 heavy (non-hydrogen) atoms. The highest BCUT2D eigenvalue weighted by molar-refractivity contribution is 7.09. The van der Waals surface area contributed by atoms with Gasteiger partial charge in [-0.1, -0.05) is 12.1 Å². The number of amides is 1. The van der Waals surface area contributed by atoms with Crippen molar-refractivity contribution < 1.29 is 4.79 Å². The van der Waals surface area contributed by atoms with E-state index in [-0.39, 0.29) is 5.91 Å². The smallest absolute Gasteiger partial charge is 0.244 e. The third-order valence-corrected chi connectivity index (χ3v) is 3.30. The molecule has 0 aliphatic rings. The number of benzene rings is 1. The van der Waals surface area contributed by atoms with Crippen LogP contribution in [0, 0.1) is 6.92 Å². The normalized spacial score (nSPS) is 10.8. The molecule has 4 nitrogen and oxygen atoms in total. The molecule has 0 aliphatic carbocycles. The second-order valence-corrected chi connectivity index (χ2v) is 5.14. The van der Waals surface area contributed by atoms with Crippen molar-refractivity contribution in [2.24, 2.45) is 0 Å². The van der Waals surface area contributed by atoms with E-state index in [9.17, 15) is 4.79 Å². The summed E-state index contributed by atoms with van der Waals surface area (Å²) >= 11 is 1.58. The van der Waals surface area contributed by atoms with Crippen LogP contribution in [0.3, 0.4) is 0 Å². The van der Waals surface area contributed by atoms with E-state index in [0.717, 1.165) is 16.3 Å². The average Bonchev–Trinajstić information content (AvgIpc) is 2.81. The van der Waals surface area contributed by atoms with Crippen molar-refractivity contribution in [3.05, 3.63) is 52.0 Å². The number of nitrogens with one attached hydrogen (secondary N) is 1. The van der Waals surface area contributed by atoms with E-state index in [1.54, 1.807) is 29.5 Å². The van der Waals surface area contributed by atoms with Gasteiger partial charge in [-0.05, 0) is 30.7 Å². The lowest BCUT2D eigenvalue weighted by molar-refractivity contribution is -0.116. The Kier molecular flexibility index (Phi) is 4.30. The Bertz CT molecular complexity index is 587. The zero-order valence-electron chi connectivity index (χ0n) is 10.6. The molecule has 1 amide bonds. The number of aromatic nitrogens is 1. The van der Waals surface area contributed by atoms with Gasteiger partial charge in [0.25, 0.3) is 0 Å². The lowest BCUT2D eigenvalue weighted by Gasteiger charge is -1.99. The van der Waals surface area contributed by atoms with Gasteiger partial charge >= 0.3 is 0 Å². The molecule has 0 radical (unpaired) electrons. The quantitative estimate of drug-likeness (QED) is 0.664. The molecule has 0 aliphatic heterocycles. The largest absolute Gasteiger partial charge is 0.399 e. The first-order valence-electron chi connectivity index (χ1n) is 5.86. The first-order valence-corrected chi connectivity index (χ1v) is 6.74. The van der Waals surface area contributed by atoms with Crippen LogP contribution in [0.4, 0.5) is 5.69 Å². The molecule has 1 heterocycles. The van der Waals surface area contributed by atoms with Gasteiger partial charge in [0, 0.05) is 17.1 Å². The molecular formula is C14H15N3OS. The summed E-state index contributed by atoms with van der Waals surface area (Å²) in [5.41, 5.74) is 8.12. The van der Waals surface area contributed by atoms with Crippen LogP contribution in [0.2, 0.25) is 0 Å². The van der Waals surface area contributed by atoms with E-state index in [2.05, 4.69) is 10.3 Å². The Hall–Kier alpha value is -2.14. The number of hydrogen-bond donors (Lipinski definition) is 2. The summed E-state index contributed by atoms with van der Waals surface area (Å²) in [7, 11) is 0. The van der Waals surface area contributed by atoms with E-state index in [0.29, 0.717) is 12.2 Å². The van der Waals surface area contributed by atoms with Crippen molar-refractivity contribution in [1.82, 2.24) is 10.3 Å². The second kappa shape index (κ2) is 6.15. The first kappa shape index (κ1) is 13.3. The highest BCUT2D eigenvalue weighted by Crippen LogP contribution is 2.08. The fourth-order valence-corrected chi connectivity index (χ4v) is 2.12. The van der Waals surface area contributed by atoms with Crippen LogP contribution >= 0.6 is 11.3 Å². The molecule has 3 N–H and O–H groups in total. The molecule has 2 aromatic rings. The zero-order valence-corrected chi connectivity index (χ0v) is 11.4. The Morgan fingerprint density at radius 3 is 2.79 bits per heavy atom. The van der Waals surface area contributed by atoms with Gasteiger partial charge in [-0.2, -0.15) is 0 Å². The van der Waals surface area contributed by atoms with Crippen LogP contribution in [-0.2, 0) is 11.3 Å². The number of hydrogen-bond acceptors (Lipinski definition) is 4. The summed E-state index contributed by atoms with van der Waals surface area (Å²) in [6, 6.07) is 7.33. The van der Waals surface area contributed by atoms with Gasteiger partial charge in [0.15, 0.2) is 0 Å². The van der Waals surface area contributed by atoms with E-state index in [1.807, 2.05) is 24.4 Å². The fraction of sp³-hybridized carbons (Fsp3) is 0.143. The highest BCUT2D eigenvalue weighted by atomic mass is 32.1. The van der Waals surface area contributed by atoms with Crippen molar-refractivity contribution in [2.45, 2.75) is 13.5 Å². The van der Waals surface area contributed by atoms with Crippen LogP contribution < -0.4 is 11.1 Å². The fourth-order valence-electron chi connectivity index (χ4n) is 1.51. The minimum Gasteiger partial charge on any atom is -0.399 e. The molecule has 1 aromatic heterocycles. The number of thiazole rings is 1. The predicted molar refractivity (Wildman–Crippen MR) is 78.6 cm³/mol. The van der Waals surface area contributed by atoms with Gasteiger partial charge in [-0.3, -0.25) is 4.79 Å². The van der Waals surface area contributed by atoms with Gasteiger partial charge in [-0.25, -0.2) is 4.98 Å². The molecule has 0 saturated carbocycles. The van der Waals surface area contributed by atoms with Crippen LogP contribution in [0.5, 0.6) is 0 Å². The topological polar surface area (TPSA) is 68.0 Å². The number of nitrogens with two attached hydrogens (primary N) is 1. The van der Waals surface area contributed by atoms with Crippen LogP contribution in [0.25, 0.3) is 6.08 Å². The monoisotopic (exact) mass is 273 g/mol. The number of aryl methyl sites for hydroxylation is 1. The van der Waals surface area contributed by atoms with E-state index in [1.165, 1.54) is 6.08 Å². The molecule has 0 saturated heterocycles. The first-order chi connectivity index (χ1) is 9.13. The third-order valence-electron chi connectivity index (χ3n) is 2.47. The van der Waals surface area contributed by atoms with Gasteiger partial charge < -0.3 is 11.1 Å². The summed E-state index contributed by atoms with van der Waals surface area (Å²) in [6.07, 6.45) is 3.26. The minimum atomic E-state index is -0.137. The number of carbonyl (C=O) groups excluding carboxylic acids is 1. The number of nitrogen functional groups attached to an aromatic ring is 1. The molecule has 98 valence electrons. The standard InChI is InChI=1S/C14H15N3OS/c1-10-17-13(9-19-10)8-16-14(18)7-4-11-2-5-12(15)6-3-11/h2-7,9H,8,15H2,1H3,(H,16,18)/b7-4+. The summed E-state index contributed by atoms with van der Waals surface area (Å²) in [5.74, 6) is -0.137. The second-order valence-electron chi connectivity index (χ2n) is 4.08. The Morgan fingerprint density at radius 1 is 1.42 bits per heavy atom. The maximum atomic E-state index is 11.6. The zero-order chi connectivity index (χ0) is 13.7. The maximum absolute atomic E-state index is 11.6. The van der Waals surface area contributed by atoms with Gasteiger partial charge in [0.1, 0.15) is 0 Å². The van der Waals surface area contributed by atoms with Crippen molar-refractivity contribution in [3.8, 4) is 0 Å². The summed E-state index contributed by atoms with van der Waals surface area (Å²) in [5, 5.41) is 5.73. The number of anilines is 1. The molecule has 1 aromatic carbocycles. The summed E-state index contributed by atoms with van der Waals surface area (Å²) in [4.78, 5) is 15.9. The number of carbonyl (C=O) groups is 1. The predicted octanol–water partition coefficient (Wildman–Crippen LogP) is 2.36. The third kappa shape index (κ3) is 4.22. The molecule has 0 bridgehead atoms. The SMILES string of the molecule is Cc1nc(CNC(=O)/C=C/c2ccc(N)cc2)cs1. The van der Waals surface area contributed by atoms with Gasteiger partial charge in [-0.15, -0.1) is 11.3 Å². The molecule has 2 rings (SSSR count). The molecule has 0 spiro atoms. The van der Waals surface area contributed by atoms with E-state index < -0.39 is 0 Å². The van der Waals surface area contributed by atoms with Crippen molar-refractivity contribution in [3.63, 3.8) is 0 Å². The van der Waals surface area contributed by atoms with Gasteiger partial charge in [0.05, 0.1) is 17.2 Å². The van der Waals surface area contributed by atoms with Crippen LogP contribution in [0.15, 0.2) is 35.7 Å². The van der Waals surface area contributed by atoms with Crippen molar-refractivity contribution >= 4 is 29.0 Å². The number of rotatable bonds is 4. The highest BCUT2D eigenvalue weighted by Gasteiger charge is 2.00. The molecule has 0 unspecified atom stereocenters. The Balaban J connectivity index is 1.85. The maximum Gasteiger partial charge on any atom is 0.244 e. The van der Waals surface area contributed by atoms with E-state index >= 15 is 0 Å². The van der Waals surface area contributed by atoms with Crippen molar-refractivity contribution in [1.29, 1.82) is 0 Å². The minimum absolute atomic E-state index is 0.137. The van der Waals surface area contributed by atoms with Gasteiger partial charge in [0.2, 0.25) is 5.91 Å². The lowest BCUT2D eigenvalue weighted by Crippen LogP contribution is -2.20. The molecule has 0 fully saturated rings. The lowest BCUT2D eigenvalue weighted by atomic mass is 10.2. The molecule has 5 heteroatoms. The molecule has 0 atom stereocenters. The average molecular weight is 273 g/mol. The molecular weight excluding hydrogens is 258 g/mol. The Morgan fingerprint density at radius 2 is 2.16 bits per heavy atom. The Labute approximate surface area is 116 Å².